The van der Waals surface area contributed by atoms with Crippen LogP contribution in [-0.2, 0) is 0 Å². The molecular formula is C15H22BrNO. The van der Waals surface area contributed by atoms with Crippen LogP contribution in [0.3, 0.4) is 0 Å². The van der Waals surface area contributed by atoms with Gasteiger partial charge in [-0.1, -0.05) is 42.6 Å². The van der Waals surface area contributed by atoms with E-state index in [1.807, 2.05) is 25.1 Å². The molecule has 0 fully saturated rings. The summed E-state index contributed by atoms with van der Waals surface area (Å²) in [5.74, 6) is 0.556. The van der Waals surface area contributed by atoms with Crippen LogP contribution in [0.4, 0.5) is 0 Å². The molecule has 0 aromatic heterocycles. The Morgan fingerprint density at radius 2 is 1.89 bits per heavy atom. The number of carbonyl (C=O) groups excluding carboxylic acids is 1. The lowest BCUT2D eigenvalue weighted by atomic mass is 9.95. The van der Waals surface area contributed by atoms with E-state index in [4.69, 9.17) is 0 Å². The van der Waals surface area contributed by atoms with Gasteiger partial charge >= 0.3 is 0 Å². The smallest absolute Gasteiger partial charge is 0.251 e. The predicted molar refractivity (Wildman–Crippen MR) is 79.9 cm³/mol. The molecule has 1 unspecified atom stereocenters. The highest BCUT2D eigenvalue weighted by Crippen LogP contribution is 2.17. The van der Waals surface area contributed by atoms with Crippen LogP contribution >= 0.6 is 15.9 Å². The summed E-state index contributed by atoms with van der Waals surface area (Å²) in [4.78, 5) is 12.2. The molecule has 0 bridgehead atoms. The zero-order valence-electron chi connectivity index (χ0n) is 11.6. The number of nitrogens with one attached hydrogen (secondary N) is 1. The first-order valence-electron chi connectivity index (χ1n) is 6.56. The molecule has 0 aliphatic carbocycles. The zero-order valence-corrected chi connectivity index (χ0v) is 13.2. The molecule has 18 heavy (non-hydrogen) atoms. The van der Waals surface area contributed by atoms with Crippen LogP contribution < -0.4 is 5.32 Å². The van der Waals surface area contributed by atoms with Crippen LogP contribution in [0.15, 0.2) is 22.7 Å². The molecule has 1 aromatic rings. The third kappa shape index (κ3) is 4.13. The summed E-state index contributed by atoms with van der Waals surface area (Å²) in [5.41, 5.74) is 1.81. The second-order valence-electron chi connectivity index (χ2n) is 4.86. The lowest BCUT2D eigenvalue weighted by Gasteiger charge is -2.22. The minimum Gasteiger partial charge on any atom is -0.349 e. The molecule has 0 aliphatic heterocycles. The van der Waals surface area contributed by atoms with Gasteiger partial charge in [0.2, 0.25) is 0 Å². The van der Waals surface area contributed by atoms with E-state index in [1.165, 1.54) is 0 Å². The van der Waals surface area contributed by atoms with Crippen molar-refractivity contribution in [1.29, 1.82) is 0 Å². The summed E-state index contributed by atoms with van der Waals surface area (Å²) in [6.07, 6.45) is 2.19. The van der Waals surface area contributed by atoms with E-state index < -0.39 is 0 Å². The molecule has 1 amide bonds. The van der Waals surface area contributed by atoms with Gasteiger partial charge in [-0.05, 0) is 43.5 Å². The maximum Gasteiger partial charge on any atom is 0.251 e. The minimum atomic E-state index is 0.0128. The highest BCUT2D eigenvalue weighted by molar-refractivity contribution is 9.10. The van der Waals surface area contributed by atoms with E-state index in [2.05, 4.69) is 42.0 Å². The number of halogens is 1. The molecule has 0 aliphatic rings. The third-order valence-electron chi connectivity index (χ3n) is 3.42. The monoisotopic (exact) mass is 311 g/mol. The molecule has 0 saturated carbocycles. The van der Waals surface area contributed by atoms with Crippen molar-refractivity contribution in [3.8, 4) is 0 Å². The first kappa shape index (κ1) is 15.2. The Hall–Kier alpha value is -0.830. The summed E-state index contributed by atoms with van der Waals surface area (Å²) in [6, 6.07) is 6.00. The molecule has 1 atom stereocenters. The Morgan fingerprint density at radius 3 is 2.39 bits per heavy atom. The zero-order chi connectivity index (χ0) is 13.7. The summed E-state index contributed by atoms with van der Waals surface area (Å²) >= 11 is 3.42. The molecule has 0 saturated heterocycles. The maximum absolute atomic E-state index is 12.2. The van der Waals surface area contributed by atoms with E-state index in [9.17, 15) is 4.79 Å². The van der Waals surface area contributed by atoms with Gasteiger partial charge in [-0.15, -0.1) is 0 Å². The lowest BCUT2D eigenvalue weighted by Crippen LogP contribution is -2.37. The van der Waals surface area contributed by atoms with E-state index in [1.54, 1.807) is 0 Å². The summed E-state index contributed by atoms with van der Waals surface area (Å²) in [5, 5.41) is 3.09. The molecule has 0 spiro atoms. The lowest BCUT2D eigenvalue weighted by molar-refractivity contribution is 0.0925. The van der Waals surface area contributed by atoms with Crippen LogP contribution in [0.2, 0.25) is 0 Å². The second kappa shape index (κ2) is 6.93. The Bertz CT molecular complexity index is 393. The van der Waals surface area contributed by atoms with Gasteiger partial charge < -0.3 is 5.32 Å². The molecule has 2 nitrogen and oxygen atoms in total. The van der Waals surface area contributed by atoms with E-state index in [0.29, 0.717) is 5.92 Å². The van der Waals surface area contributed by atoms with Crippen molar-refractivity contribution < 1.29 is 4.79 Å². The van der Waals surface area contributed by atoms with Gasteiger partial charge in [0.15, 0.2) is 0 Å². The maximum atomic E-state index is 12.2. The van der Waals surface area contributed by atoms with Gasteiger partial charge in [0.25, 0.3) is 5.91 Å². The normalized spacial score (nSPS) is 12.6. The molecule has 100 valence electrons. The molecule has 1 rings (SSSR count). The Labute approximate surface area is 118 Å². The number of aryl methyl sites for hydroxylation is 1. The largest absolute Gasteiger partial charge is 0.349 e. The van der Waals surface area contributed by atoms with Gasteiger partial charge in [0.1, 0.15) is 0 Å². The number of benzene rings is 1. The highest BCUT2D eigenvalue weighted by Gasteiger charge is 2.16. The molecule has 1 aromatic carbocycles. The van der Waals surface area contributed by atoms with Crippen molar-refractivity contribution in [2.75, 3.05) is 0 Å². The predicted octanol–water partition coefficient (Wildman–Crippen LogP) is 4.31. The summed E-state index contributed by atoms with van der Waals surface area (Å²) in [6.45, 7) is 8.41. The molecular weight excluding hydrogens is 290 g/mol. The van der Waals surface area contributed by atoms with Crippen LogP contribution in [-0.4, -0.2) is 11.9 Å². The number of amides is 1. The van der Waals surface area contributed by atoms with Crippen molar-refractivity contribution in [2.45, 2.75) is 46.6 Å². The van der Waals surface area contributed by atoms with Crippen molar-refractivity contribution in [3.63, 3.8) is 0 Å². The number of rotatable bonds is 5. The Balaban J connectivity index is 2.76. The molecule has 1 N–H and O–H groups in total. The first-order valence-corrected chi connectivity index (χ1v) is 7.35. The molecule has 3 heteroatoms. The van der Waals surface area contributed by atoms with E-state index >= 15 is 0 Å². The fraction of sp³-hybridized carbons (Fsp3) is 0.533. The Morgan fingerprint density at radius 1 is 1.28 bits per heavy atom. The quantitative estimate of drug-likeness (QED) is 0.862. The van der Waals surface area contributed by atoms with Crippen LogP contribution in [0.1, 0.15) is 49.5 Å². The third-order valence-corrected chi connectivity index (χ3v) is 3.88. The van der Waals surface area contributed by atoms with Crippen LogP contribution in [0, 0.1) is 12.8 Å². The summed E-state index contributed by atoms with van der Waals surface area (Å²) in [7, 11) is 0. The van der Waals surface area contributed by atoms with E-state index in [0.717, 1.165) is 28.4 Å². The fourth-order valence-corrected chi connectivity index (χ4v) is 2.88. The van der Waals surface area contributed by atoms with Gasteiger partial charge in [-0.3, -0.25) is 4.79 Å². The summed E-state index contributed by atoms with van der Waals surface area (Å²) < 4.78 is 0.947. The average Bonchev–Trinajstić information content (AvgIpc) is 2.29. The molecule has 0 radical (unpaired) electrons. The van der Waals surface area contributed by atoms with Gasteiger partial charge in [-0.2, -0.15) is 0 Å². The second-order valence-corrected chi connectivity index (χ2v) is 5.77. The Kier molecular flexibility index (Phi) is 5.86. The number of hydrogen-bond donors (Lipinski definition) is 1. The fourth-order valence-electron chi connectivity index (χ4n) is 2.27. The number of carbonyl (C=O) groups is 1. The van der Waals surface area contributed by atoms with Gasteiger partial charge in [-0.25, -0.2) is 0 Å². The number of hydrogen-bond acceptors (Lipinski definition) is 1. The molecule has 0 heterocycles. The van der Waals surface area contributed by atoms with Crippen molar-refractivity contribution >= 4 is 21.8 Å². The van der Waals surface area contributed by atoms with Gasteiger partial charge in [0, 0.05) is 16.1 Å². The van der Waals surface area contributed by atoms with Crippen LogP contribution in [0.25, 0.3) is 0 Å². The van der Waals surface area contributed by atoms with Crippen molar-refractivity contribution in [2.24, 2.45) is 5.92 Å². The first-order chi connectivity index (χ1) is 8.47. The van der Waals surface area contributed by atoms with Gasteiger partial charge in [0.05, 0.1) is 0 Å². The van der Waals surface area contributed by atoms with E-state index in [-0.39, 0.29) is 11.9 Å². The van der Waals surface area contributed by atoms with Crippen molar-refractivity contribution in [3.05, 3.63) is 33.8 Å². The topological polar surface area (TPSA) is 29.1 Å². The average molecular weight is 312 g/mol. The van der Waals surface area contributed by atoms with Crippen LogP contribution in [0.5, 0.6) is 0 Å². The standard InChI is InChI=1S/C15H22BrNO/c1-5-12(6-2)11(4)17-15(18)13-7-10(3)8-14(16)9-13/h7-9,11-12H,5-6H2,1-4H3,(H,17,18). The van der Waals surface area contributed by atoms with Crippen molar-refractivity contribution in [1.82, 2.24) is 5.32 Å². The highest BCUT2D eigenvalue weighted by atomic mass is 79.9. The SMILES string of the molecule is CCC(CC)C(C)NC(=O)c1cc(C)cc(Br)c1. The minimum absolute atomic E-state index is 0.0128.